The fraction of sp³-hybridized carbons (Fsp3) is 0.600. The number of aryl methyl sites for hydroxylation is 1. The van der Waals surface area contributed by atoms with Crippen LogP contribution in [0.2, 0.25) is 0 Å². The molecule has 0 saturated carbocycles. The summed E-state index contributed by atoms with van der Waals surface area (Å²) >= 11 is 0. The minimum absolute atomic E-state index is 0.172. The molecular weight excluding hydrogens is 222 g/mol. The molecule has 6 N–H and O–H groups in total. The summed E-state index contributed by atoms with van der Waals surface area (Å²) in [6.07, 6.45) is 1.67. The summed E-state index contributed by atoms with van der Waals surface area (Å²) in [4.78, 5) is 8.46. The van der Waals surface area contributed by atoms with Gasteiger partial charge in [0.2, 0.25) is 0 Å². The fourth-order valence-electron chi connectivity index (χ4n) is 1.34. The van der Waals surface area contributed by atoms with E-state index in [2.05, 4.69) is 20.7 Å². The van der Waals surface area contributed by atoms with E-state index in [1.807, 2.05) is 6.92 Å². The number of aliphatic hydroxyl groups excluding tert-OH is 2. The van der Waals surface area contributed by atoms with Crippen LogP contribution in [0.1, 0.15) is 19.2 Å². The van der Waals surface area contributed by atoms with Crippen molar-refractivity contribution in [2.75, 3.05) is 24.0 Å². The SMILES string of the molecule is CCCc1nc(NN)cc(NC(CO)CO)n1. The Bertz CT molecular complexity index is 343. The Kier molecular flexibility index (Phi) is 5.61. The number of rotatable bonds is 7. The lowest BCUT2D eigenvalue weighted by Crippen LogP contribution is -2.28. The van der Waals surface area contributed by atoms with Crippen LogP contribution in [0.15, 0.2) is 6.07 Å². The highest BCUT2D eigenvalue weighted by molar-refractivity contribution is 5.47. The van der Waals surface area contributed by atoms with Crippen LogP contribution in [-0.4, -0.2) is 39.4 Å². The van der Waals surface area contributed by atoms with E-state index in [1.54, 1.807) is 6.07 Å². The molecule has 96 valence electrons. The van der Waals surface area contributed by atoms with Crippen LogP contribution in [0.5, 0.6) is 0 Å². The van der Waals surface area contributed by atoms with E-state index in [0.717, 1.165) is 12.8 Å². The number of nitrogens with two attached hydrogens (primary N) is 1. The van der Waals surface area contributed by atoms with Crippen molar-refractivity contribution in [2.24, 2.45) is 5.84 Å². The maximum absolute atomic E-state index is 8.98. The molecule has 0 saturated heterocycles. The highest BCUT2D eigenvalue weighted by atomic mass is 16.3. The first-order chi connectivity index (χ1) is 8.23. The molecule has 0 aromatic carbocycles. The van der Waals surface area contributed by atoms with E-state index >= 15 is 0 Å². The zero-order chi connectivity index (χ0) is 12.7. The third kappa shape index (κ3) is 4.14. The van der Waals surface area contributed by atoms with Gasteiger partial charge in [-0.1, -0.05) is 6.92 Å². The van der Waals surface area contributed by atoms with E-state index in [-0.39, 0.29) is 13.2 Å². The summed E-state index contributed by atoms with van der Waals surface area (Å²) in [7, 11) is 0. The minimum Gasteiger partial charge on any atom is -0.394 e. The van der Waals surface area contributed by atoms with Gasteiger partial charge in [-0.2, -0.15) is 0 Å². The molecule has 0 unspecified atom stereocenters. The Morgan fingerprint density at radius 2 is 1.94 bits per heavy atom. The molecule has 0 aliphatic carbocycles. The van der Waals surface area contributed by atoms with Crippen LogP contribution in [0.25, 0.3) is 0 Å². The van der Waals surface area contributed by atoms with Crippen molar-refractivity contribution in [3.63, 3.8) is 0 Å². The van der Waals surface area contributed by atoms with Gasteiger partial charge in [0.15, 0.2) is 0 Å². The Morgan fingerprint density at radius 1 is 1.29 bits per heavy atom. The first kappa shape index (κ1) is 13.6. The van der Waals surface area contributed by atoms with Crippen LogP contribution in [0.4, 0.5) is 11.6 Å². The van der Waals surface area contributed by atoms with Crippen molar-refractivity contribution < 1.29 is 10.2 Å². The number of hydrogen-bond donors (Lipinski definition) is 5. The van der Waals surface area contributed by atoms with Gasteiger partial charge in [0.05, 0.1) is 19.3 Å². The van der Waals surface area contributed by atoms with Crippen molar-refractivity contribution in [3.05, 3.63) is 11.9 Å². The van der Waals surface area contributed by atoms with Crippen molar-refractivity contribution in [2.45, 2.75) is 25.8 Å². The van der Waals surface area contributed by atoms with Crippen LogP contribution in [0.3, 0.4) is 0 Å². The zero-order valence-corrected chi connectivity index (χ0v) is 9.85. The maximum Gasteiger partial charge on any atom is 0.145 e. The van der Waals surface area contributed by atoms with E-state index in [9.17, 15) is 0 Å². The standard InChI is InChI=1S/C10H19N5O2/c1-2-3-8-13-9(4-10(14-8)15-11)12-7(5-16)6-17/h4,7,16-17H,2-3,5-6,11H2,1H3,(H2,12,13,14,15). The van der Waals surface area contributed by atoms with Gasteiger partial charge in [-0.3, -0.25) is 0 Å². The molecule has 0 fully saturated rings. The summed E-state index contributed by atoms with van der Waals surface area (Å²) < 4.78 is 0. The molecular formula is C10H19N5O2. The average Bonchev–Trinajstić information content (AvgIpc) is 2.36. The third-order valence-corrected chi connectivity index (χ3v) is 2.19. The molecule has 0 radical (unpaired) electrons. The molecule has 0 aliphatic heterocycles. The highest BCUT2D eigenvalue weighted by Gasteiger charge is 2.08. The van der Waals surface area contributed by atoms with Gasteiger partial charge in [0, 0.05) is 12.5 Å². The monoisotopic (exact) mass is 241 g/mol. The Balaban J connectivity index is 2.85. The smallest absolute Gasteiger partial charge is 0.145 e. The molecule has 17 heavy (non-hydrogen) atoms. The normalized spacial score (nSPS) is 10.6. The lowest BCUT2D eigenvalue weighted by atomic mass is 10.3. The predicted octanol–water partition coefficient (Wildman–Crippen LogP) is -0.520. The fourth-order valence-corrected chi connectivity index (χ4v) is 1.34. The summed E-state index contributed by atoms with van der Waals surface area (Å²) in [6.45, 7) is 1.69. The van der Waals surface area contributed by atoms with Crippen molar-refractivity contribution in [1.82, 2.24) is 9.97 Å². The van der Waals surface area contributed by atoms with Gasteiger partial charge in [-0.25, -0.2) is 15.8 Å². The first-order valence-electron chi connectivity index (χ1n) is 5.56. The molecule has 0 atom stereocenters. The molecule has 0 bridgehead atoms. The molecule has 0 spiro atoms. The Hall–Kier alpha value is -1.44. The van der Waals surface area contributed by atoms with Gasteiger partial charge >= 0.3 is 0 Å². The zero-order valence-electron chi connectivity index (χ0n) is 9.85. The molecule has 7 heteroatoms. The molecule has 1 aromatic heterocycles. The summed E-state index contributed by atoms with van der Waals surface area (Å²) in [5.41, 5.74) is 2.46. The van der Waals surface area contributed by atoms with E-state index in [4.69, 9.17) is 16.1 Å². The molecule has 7 nitrogen and oxygen atoms in total. The van der Waals surface area contributed by atoms with Crippen LogP contribution < -0.4 is 16.6 Å². The van der Waals surface area contributed by atoms with E-state index in [1.165, 1.54) is 0 Å². The number of nitrogens with zero attached hydrogens (tertiary/aromatic N) is 2. The Labute approximate surface area is 100 Å². The number of aromatic nitrogens is 2. The van der Waals surface area contributed by atoms with Crippen LogP contribution in [0, 0.1) is 0 Å². The molecule has 1 rings (SSSR count). The number of nitrogens with one attached hydrogen (secondary N) is 2. The number of aliphatic hydroxyl groups is 2. The van der Waals surface area contributed by atoms with E-state index in [0.29, 0.717) is 17.5 Å². The molecule has 1 heterocycles. The van der Waals surface area contributed by atoms with Crippen molar-refractivity contribution in [3.8, 4) is 0 Å². The summed E-state index contributed by atoms with van der Waals surface area (Å²) in [5, 5.41) is 20.9. The lowest BCUT2D eigenvalue weighted by molar-refractivity contribution is 0.203. The minimum atomic E-state index is -0.440. The molecule has 1 aromatic rings. The second-order valence-electron chi connectivity index (χ2n) is 3.66. The van der Waals surface area contributed by atoms with Crippen LogP contribution in [-0.2, 0) is 6.42 Å². The summed E-state index contributed by atoms with van der Waals surface area (Å²) in [6, 6.07) is 1.18. The van der Waals surface area contributed by atoms with Crippen LogP contribution >= 0.6 is 0 Å². The number of nitrogen functional groups attached to an aromatic ring is 1. The van der Waals surface area contributed by atoms with Crippen molar-refractivity contribution in [1.29, 1.82) is 0 Å². The Morgan fingerprint density at radius 3 is 2.47 bits per heavy atom. The number of hydrogen-bond acceptors (Lipinski definition) is 7. The highest BCUT2D eigenvalue weighted by Crippen LogP contribution is 2.12. The van der Waals surface area contributed by atoms with Gasteiger partial charge in [0.25, 0.3) is 0 Å². The summed E-state index contributed by atoms with van der Waals surface area (Å²) in [5.74, 6) is 7.01. The third-order valence-electron chi connectivity index (χ3n) is 2.19. The first-order valence-corrected chi connectivity index (χ1v) is 5.56. The lowest BCUT2D eigenvalue weighted by Gasteiger charge is -2.15. The van der Waals surface area contributed by atoms with Crippen molar-refractivity contribution >= 4 is 11.6 Å². The largest absolute Gasteiger partial charge is 0.394 e. The van der Waals surface area contributed by atoms with Gasteiger partial charge in [-0.15, -0.1) is 0 Å². The van der Waals surface area contributed by atoms with Gasteiger partial charge in [-0.05, 0) is 6.42 Å². The van der Waals surface area contributed by atoms with E-state index < -0.39 is 6.04 Å². The maximum atomic E-state index is 8.98. The molecule has 0 aliphatic rings. The predicted molar refractivity (Wildman–Crippen MR) is 65.4 cm³/mol. The quantitative estimate of drug-likeness (QED) is 0.322. The second-order valence-corrected chi connectivity index (χ2v) is 3.66. The number of hydrazine groups is 1. The topological polar surface area (TPSA) is 116 Å². The molecule has 0 amide bonds. The average molecular weight is 241 g/mol. The van der Waals surface area contributed by atoms with Gasteiger partial charge in [0.1, 0.15) is 17.5 Å². The van der Waals surface area contributed by atoms with Gasteiger partial charge < -0.3 is 21.0 Å². The number of anilines is 2. The second kappa shape index (κ2) is 7.00.